The minimum absolute atomic E-state index is 0.177. The summed E-state index contributed by atoms with van der Waals surface area (Å²) in [7, 11) is 1.49. The Labute approximate surface area is 152 Å². The Balaban J connectivity index is 2.35. The lowest BCUT2D eigenvalue weighted by molar-refractivity contribution is -0.190. The first-order valence-electron chi connectivity index (χ1n) is 7.64. The van der Waals surface area contributed by atoms with Gasteiger partial charge in [0.25, 0.3) is 5.88 Å². The minimum Gasteiger partial charge on any atom is -0.463 e. The Morgan fingerprint density at radius 1 is 1.41 bits per heavy atom. The van der Waals surface area contributed by atoms with Gasteiger partial charge in [-0.05, 0) is 26.6 Å². The average Bonchev–Trinajstić information content (AvgIpc) is 2.94. The Morgan fingerprint density at radius 3 is 2.67 bits per heavy atom. The molecule has 2 aromatic rings. The van der Waals surface area contributed by atoms with Crippen LogP contribution in [0.15, 0.2) is 17.3 Å². The van der Waals surface area contributed by atoms with Crippen molar-refractivity contribution >= 4 is 18.6 Å². The number of aryl methyl sites for hydroxylation is 1. The predicted octanol–water partition coefficient (Wildman–Crippen LogP) is 3.25. The van der Waals surface area contributed by atoms with Gasteiger partial charge in [0.15, 0.2) is 17.7 Å². The van der Waals surface area contributed by atoms with Crippen molar-refractivity contribution in [3.8, 4) is 5.88 Å². The molecule has 27 heavy (non-hydrogen) atoms. The molecule has 0 amide bonds. The van der Waals surface area contributed by atoms with Crippen LogP contribution in [-0.2, 0) is 11.3 Å². The highest BCUT2D eigenvalue weighted by Crippen LogP contribution is 2.27. The highest BCUT2D eigenvalue weighted by Gasteiger charge is 2.38. The predicted molar refractivity (Wildman–Crippen MR) is 89.5 cm³/mol. The number of halogens is 4. The number of rotatable bonds is 7. The molecule has 0 aliphatic rings. The van der Waals surface area contributed by atoms with E-state index in [1.165, 1.54) is 13.3 Å². The molecule has 0 bridgehead atoms. The van der Waals surface area contributed by atoms with Gasteiger partial charge in [-0.1, -0.05) is 0 Å². The van der Waals surface area contributed by atoms with Gasteiger partial charge in [0, 0.05) is 25.1 Å². The van der Waals surface area contributed by atoms with E-state index in [2.05, 4.69) is 31.6 Å². The van der Waals surface area contributed by atoms with Crippen LogP contribution in [0.2, 0.25) is 0 Å². The normalized spacial score (nSPS) is 13.5. The van der Waals surface area contributed by atoms with E-state index in [1.54, 1.807) is 11.5 Å². The highest BCUT2D eigenvalue weighted by molar-refractivity contribution is 5.77. The Kier molecular flexibility index (Phi) is 6.26. The van der Waals surface area contributed by atoms with Crippen molar-refractivity contribution in [3.05, 3.63) is 35.3 Å². The first-order chi connectivity index (χ1) is 12.7. The van der Waals surface area contributed by atoms with Gasteiger partial charge in [0.1, 0.15) is 12.4 Å². The number of pyridine rings is 1. The molecule has 0 saturated heterocycles. The first kappa shape index (κ1) is 20.5. The summed E-state index contributed by atoms with van der Waals surface area (Å²) in [4.78, 5) is 7.43. The molecule has 1 atom stereocenters. The number of hydrogen-bond donors (Lipinski definition) is 0. The van der Waals surface area contributed by atoms with Gasteiger partial charge < -0.3 is 9.47 Å². The zero-order valence-corrected chi connectivity index (χ0v) is 14.8. The molecule has 0 aliphatic carbocycles. The number of aromatic nitrogens is 4. The smallest absolute Gasteiger partial charge is 0.425 e. The largest absolute Gasteiger partial charge is 0.463 e. The molecule has 0 aromatic carbocycles. The van der Waals surface area contributed by atoms with Gasteiger partial charge >= 0.3 is 6.18 Å². The molecular weight excluding hydrogens is 370 g/mol. The summed E-state index contributed by atoms with van der Waals surface area (Å²) < 4.78 is 62.9. The number of nitrogens with zero attached hydrogens (tertiary/aromatic N) is 5. The fraction of sp³-hybridized carbons (Fsp3) is 0.375. The van der Waals surface area contributed by atoms with E-state index in [0.29, 0.717) is 11.6 Å². The molecule has 0 aliphatic heterocycles. The summed E-state index contributed by atoms with van der Waals surface area (Å²) in [6.07, 6.45) is -4.21. The fourth-order valence-electron chi connectivity index (χ4n) is 2.02. The van der Waals surface area contributed by atoms with Crippen LogP contribution in [0.5, 0.6) is 5.88 Å². The van der Waals surface area contributed by atoms with E-state index in [0.717, 1.165) is 19.2 Å². The van der Waals surface area contributed by atoms with Gasteiger partial charge in [-0.2, -0.15) is 13.2 Å². The topological polar surface area (TPSA) is 74.4 Å². The molecule has 0 N–H and O–H groups in total. The molecule has 2 rings (SSSR count). The Bertz CT molecular complexity index is 848. The van der Waals surface area contributed by atoms with Crippen molar-refractivity contribution < 1.29 is 27.0 Å². The van der Waals surface area contributed by atoms with Crippen LogP contribution >= 0.6 is 0 Å². The molecule has 2 aromatic heterocycles. The summed E-state index contributed by atoms with van der Waals surface area (Å²) in [6.45, 7) is 6.05. The third-order valence-corrected chi connectivity index (χ3v) is 3.48. The Hall–Kier alpha value is -2.82. The molecule has 0 radical (unpaired) electrons. The van der Waals surface area contributed by atoms with Crippen molar-refractivity contribution in [1.82, 2.24) is 19.7 Å². The number of methoxy groups -OCH3 is 1. The highest BCUT2D eigenvalue weighted by atomic mass is 19.4. The van der Waals surface area contributed by atoms with Gasteiger partial charge in [0.2, 0.25) is 0 Å². The van der Waals surface area contributed by atoms with Crippen LogP contribution in [0.25, 0.3) is 11.9 Å². The van der Waals surface area contributed by atoms with Crippen LogP contribution in [0.4, 0.5) is 17.6 Å². The van der Waals surface area contributed by atoms with Gasteiger partial charge in [-0.3, -0.25) is 9.56 Å². The standard InChI is InChI=1S/C16H17F4N5O2/c1-9(16(18,19)20)27-15-12(17)5-11(6-22-15)13(21-3)7-25-10(2)23-24-14(25)8-26-4/h5-7,9H,3,8H2,1-2,4H3/b13-7-/t9-/m1/s1. The second-order valence-corrected chi connectivity index (χ2v) is 5.45. The third-order valence-electron chi connectivity index (χ3n) is 3.48. The molecule has 146 valence electrons. The molecule has 7 nitrogen and oxygen atoms in total. The zero-order valence-electron chi connectivity index (χ0n) is 14.8. The molecular formula is C16H17F4N5O2. The van der Waals surface area contributed by atoms with Crippen molar-refractivity contribution in [2.45, 2.75) is 32.7 Å². The molecule has 2 heterocycles. The summed E-state index contributed by atoms with van der Waals surface area (Å²) >= 11 is 0. The third kappa shape index (κ3) is 4.88. The van der Waals surface area contributed by atoms with Crippen molar-refractivity contribution in [2.24, 2.45) is 4.99 Å². The fourth-order valence-corrected chi connectivity index (χ4v) is 2.02. The maximum atomic E-state index is 14.2. The summed E-state index contributed by atoms with van der Waals surface area (Å²) in [6, 6.07) is 0.960. The minimum atomic E-state index is -4.63. The molecule has 0 unspecified atom stereocenters. The number of alkyl halides is 3. The second kappa shape index (κ2) is 8.25. The first-order valence-corrected chi connectivity index (χ1v) is 7.64. The lowest BCUT2D eigenvalue weighted by atomic mass is 10.2. The summed E-state index contributed by atoms with van der Waals surface area (Å²) in [5, 5.41) is 7.85. The molecule has 0 fully saturated rings. The SMILES string of the molecule is C=N/C(=C\n1c(C)nnc1COC)c1cnc(O[C@H](C)C(F)(F)F)c(F)c1. The van der Waals surface area contributed by atoms with Crippen molar-refractivity contribution in [1.29, 1.82) is 0 Å². The maximum Gasteiger partial charge on any atom is 0.425 e. The molecule has 0 spiro atoms. The van der Waals surface area contributed by atoms with E-state index < -0.39 is 24.0 Å². The quantitative estimate of drug-likeness (QED) is 0.539. The van der Waals surface area contributed by atoms with Crippen LogP contribution in [0.1, 0.15) is 24.1 Å². The van der Waals surface area contributed by atoms with Crippen LogP contribution in [0, 0.1) is 12.7 Å². The monoisotopic (exact) mass is 387 g/mol. The summed E-state index contributed by atoms with van der Waals surface area (Å²) in [5.41, 5.74) is 0.392. The van der Waals surface area contributed by atoms with Gasteiger partial charge in [0.05, 0.1) is 5.70 Å². The second-order valence-electron chi connectivity index (χ2n) is 5.45. The van der Waals surface area contributed by atoms with Crippen LogP contribution < -0.4 is 4.74 Å². The number of ether oxygens (including phenoxy) is 2. The van der Waals surface area contributed by atoms with E-state index >= 15 is 0 Å². The van der Waals surface area contributed by atoms with E-state index in [1.807, 2.05) is 0 Å². The molecule has 0 saturated carbocycles. The Morgan fingerprint density at radius 2 is 2.11 bits per heavy atom. The van der Waals surface area contributed by atoms with E-state index in [4.69, 9.17) is 4.74 Å². The van der Waals surface area contributed by atoms with Crippen molar-refractivity contribution in [2.75, 3.05) is 7.11 Å². The van der Waals surface area contributed by atoms with E-state index in [-0.39, 0.29) is 17.9 Å². The van der Waals surface area contributed by atoms with Crippen LogP contribution in [-0.4, -0.2) is 45.9 Å². The van der Waals surface area contributed by atoms with Gasteiger partial charge in [-0.25, -0.2) is 9.37 Å². The van der Waals surface area contributed by atoms with E-state index in [9.17, 15) is 17.6 Å². The lowest BCUT2D eigenvalue weighted by Gasteiger charge is -2.17. The molecule has 11 heteroatoms. The van der Waals surface area contributed by atoms with Crippen LogP contribution in [0.3, 0.4) is 0 Å². The maximum absolute atomic E-state index is 14.2. The van der Waals surface area contributed by atoms with Gasteiger partial charge in [-0.15, -0.1) is 10.2 Å². The zero-order chi connectivity index (χ0) is 20.2. The lowest BCUT2D eigenvalue weighted by Crippen LogP contribution is -2.31. The average molecular weight is 387 g/mol. The number of hydrogen-bond acceptors (Lipinski definition) is 6. The van der Waals surface area contributed by atoms with Crippen molar-refractivity contribution in [3.63, 3.8) is 0 Å². The number of aliphatic imine (C=N–C) groups is 1. The summed E-state index contributed by atoms with van der Waals surface area (Å²) in [5.74, 6) is -0.817.